The minimum absolute atomic E-state index is 0.302. The smallest absolute Gasteiger partial charge is 0.227 e. The van der Waals surface area contributed by atoms with Crippen LogP contribution in [0, 0.1) is 5.92 Å². The van der Waals surface area contributed by atoms with Gasteiger partial charge in [-0.1, -0.05) is 12.8 Å². The molecule has 18 heavy (non-hydrogen) atoms. The van der Waals surface area contributed by atoms with E-state index >= 15 is 0 Å². The topological polar surface area (TPSA) is 33.2 Å². The Balaban J connectivity index is 1.74. The largest absolute Gasteiger partial charge is 0.311 e. The van der Waals surface area contributed by atoms with E-state index in [9.17, 15) is 4.79 Å². The number of amides is 1. The fraction of sp³-hybridized carbons (Fsp3) is 0.600. The fourth-order valence-corrected chi connectivity index (χ4v) is 3.22. The van der Waals surface area contributed by atoms with Crippen molar-refractivity contribution >= 4 is 11.6 Å². The van der Waals surface area contributed by atoms with Crippen molar-refractivity contribution in [2.75, 3.05) is 11.4 Å². The molecule has 1 aromatic heterocycles. The molecular weight excluding hydrogens is 224 g/mol. The van der Waals surface area contributed by atoms with E-state index in [1.165, 1.54) is 25.7 Å². The number of hydrogen-bond acceptors (Lipinski definition) is 2. The first-order valence-electron chi connectivity index (χ1n) is 7.09. The van der Waals surface area contributed by atoms with Crippen molar-refractivity contribution < 1.29 is 4.79 Å². The lowest BCUT2D eigenvalue weighted by Crippen LogP contribution is -2.36. The summed E-state index contributed by atoms with van der Waals surface area (Å²) in [6.45, 7) is 0.865. The van der Waals surface area contributed by atoms with Gasteiger partial charge in [0.25, 0.3) is 0 Å². The normalized spacial score (nSPS) is 19.9. The number of aryl methyl sites for hydroxylation is 1. The molecule has 0 unspecified atom stereocenters. The summed E-state index contributed by atoms with van der Waals surface area (Å²) < 4.78 is 0. The Morgan fingerprint density at radius 1 is 1.33 bits per heavy atom. The number of anilines is 1. The van der Waals surface area contributed by atoms with Crippen molar-refractivity contribution in [2.45, 2.75) is 44.9 Å². The van der Waals surface area contributed by atoms with Crippen LogP contribution in [0.15, 0.2) is 18.3 Å². The average Bonchev–Trinajstić information content (AvgIpc) is 2.91. The first-order valence-corrected chi connectivity index (χ1v) is 7.09. The highest BCUT2D eigenvalue weighted by Crippen LogP contribution is 2.31. The third-order valence-corrected chi connectivity index (χ3v) is 4.19. The highest BCUT2D eigenvalue weighted by atomic mass is 16.2. The van der Waals surface area contributed by atoms with Crippen LogP contribution in [0.5, 0.6) is 0 Å². The Bertz CT molecular complexity index is 438. The fourth-order valence-electron chi connectivity index (χ4n) is 3.22. The molecule has 1 saturated carbocycles. The molecule has 0 atom stereocenters. The number of nitrogens with zero attached hydrogens (tertiary/aromatic N) is 2. The Labute approximate surface area is 108 Å². The van der Waals surface area contributed by atoms with Crippen LogP contribution in [-0.2, 0) is 11.2 Å². The molecule has 1 aliphatic heterocycles. The van der Waals surface area contributed by atoms with Crippen LogP contribution in [0.3, 0.4) is 0 Å². The van der Waals surface area contributed by atoms with Crippen LogP contribution >= 0.6 is 0 Å². The molecule has 96 valence electrons. The van der Waals surface area contributed by atoms with Crippen LogP contribution < -0.4 is 4.90 Å². The van der Waals surface area contributed by atoms with Crippen molar-refractivity contribution in [3.63, 3.8) is 0 Å². The summed E-state index contributed by atoms with van der Waals surface area (Å²) in [5.74, 6) is 0.926. The minimum Gasteiger partial charge on any atom is -0.311 e. The molecule has 0 radical (unpaired) electrons. The van der Waals surface area contributed by atoms with Crippen molar-refractivity contribution in [1.29, 1.82) is 0 Å². The lowest BCUT2D eigenvalue weighted by atomic mass is 10.0. The van der Waals surface area contributed by atoms with Gasteiger partial charge in [0.1, 0.15) is 0 Å². The number of rotatable bonds is 2. The standard InChI is InChI=1S/C15H20N2O/c18-15(11-12-5-1-2-6-12)17-10-4-7-13-14(17)8-3-9-16-13/h3,8-9,12H,1-2,4-7,10-11H2. The van der Waals surface area contributed by atoms with E-state index in [1.54, 1.807) is 0 Å². The number of fused-ring (bicyclic) bond motifs is 1. The van der Waals surface area contributed by atoms with Gasteiger partial charge in [-0.2, -0.15) is 0 Å². The molecule has 1 aromatic rings. The molecule has 2 heterocycles. The monoisotopic (exact) mass is 244 g/mol. The molecule has 0 N–H and O–H groups in total. The minimum atomic E-state index is 0.302. The summed E-state index contributed by atoms with van der Waals surface area (Å²) in [4.78, 5) is 18.8. The van der Waals surface area contributed by atoms with Gasteiger partial charge in [0, 0.05) is 19.2 Å². The molecule has 3 heteroatoms. The van der Waals surface area contributed by atoms with E-state index in [2.05, 4.69) is 4.98 Å². The lowest BCUT2D eigenvalue weighted by Gasteiger charge is -2.29. The molecule has 1 fully saturated rings. The predicted molar refractivity (Wildman–Crippen MR) is 71.5 cm³/mol. The molecule has 0 aromatic carbocycles. The molecular formula is C15H20N2O. The summed E-state index contributed by atoms with van der Waals surface area (Å²) in [7, 11) is 0. The van der Waals surface area contributed by atoms with Gasteiger partial charge >= 0.3 is 0 Å². The zero-order valence-electron chi connectivity index (χ0n) is 10.8. The van der Waals surface area contributed by atoms with Crippen LogP contribution in [0.2, 0.25) is 0 Å². The number of hydrogen-bond donors (Lipinski definition) is 0. The van der Waals surface area contributed by atoms with E-state index < -0.39 is 0 Å². The predicted octanol–water partition coefficient (Wildman–Crippen LogP) is 2.94. The van der Waals surface area contributed by atoms with Gasteiger partial charge in [0.15, 0.2) is 0 Å². The summed E-state index contributed by atoms with van der Waals surface area (Å²) in [6, 6.07) is 3.97. The summed E-state index contributed by atoms with van der Waals surface area (Å²) in [6.07, 6.45) is 9.67. The third-order valence-electron chi connectivity index (χ3n) is 4.19. The highest BCUT2D eigenvalue weighted by molar-refractivity contribution is 5.94. The van der Waals surface area contributed by atoms with Gasteiger partial charge in [-0.15, -0.1) is 0 Å². The van der Waals surface area contributed by atoms with Gasteiger partial charge in [0.2, 0.25) is 5.91 Å². The molecule has 0 bridgehead atoms. The molecule has 3 nitrogen and oxygen atoms in total. The molecule has 0 saturated heterocycles. The van der Waals surface area contributed by atoms with Crippen LogP contribution in [0.25, 0.3) is 0 Å². The van der Waals surface area contributed by atoms with Gasteiger partial charge in [0.05, 0.1) is 11.4 Å². The van der Waals surface area contributed by atoms with Gasteiger partial charge in [-0.3, -0.25) is 9.78 Å². The Morgan fingerprint density at radius 2 is 2.17 bits per heavy atom. The van der Waals surface area contributed by atoms with Gasteiger partial charge < -0.3 is 4.90 Å². The quantitative estimate of drug-likeness (QED) is 0.801. The molecule has 2 aliphatic rings. The van der Waals surface area contributed by atoms with Crippen molar-refractivity contribution in [2.24, 2.45) is 5.92 Å². The second-order valence-corrected chi connectivity index (χ2v) is 5.47. The second kappa shape index (κ2) is 5.09. The first-order chi connectivity index (χ1) is 8.84. The summed E-state index contributed by atoms with van der Waals surface area (Å²) in [5, 5.41) is 0. The highest BCUT2D eigenvalue weighted by Gasteiger charge is 2.26. The molecule has 1 aliphatic carbocycles. The van der Waals surface area contributed by atoms with E-state index in [1.807, 2.05) is 23.2 Å². The second-order valence-electron chi connectivity index (χ2n) is 5.47. The third kappa shape index (κ3) is 2.26. The number of carbonyl (C=O) groups is 1. The maximum atomic E-state index is 12.4. The SMILES string of the molecule is O=C(CC1CCCC1)N1CCCc2ncccc21. The van der Waals surface area contributed by atoms with Crippen LogP contribution in [0.1, 0.15) is 44.2 Å². The zero-order valence-corrected chi connectivity index (χ0v) is 10.8. The first kappa shape index (κ1) is 11.7. The van der Waals surface area contributed by atoms with E-state index in [0.717, 1.165) is 37.2 Å². The molecule has 1 amide bonds. The van der Waals surface area contributed by atoms with Gasteiger partial charge in [-0.05, 0) is 43.7 Å². The lowest BCUT2D eigenvalue weighted by molar-refractivity contribution is -0.119. The molecule has 0 spiro atoms. The number of aromatic nitrogens is 1. The van der Waals surface area contributed by atoms with Crippen molar-refractivity contribution in [3.8, 4) is 0 Å². The van der Waals surface area contributed by atoms with Gasteiger partial charge in [-0.25, -0.2) is 0 Å². The average molecular weight is 244 g/mol. The Morgan fingerprint density at radius 3 is 3.00 bits per heavy atom. The number of carbonyl (C=O) groups excluding carboxylic acids is 1. The van der Waals surface area contributed by atoms with Crippen molar-refractivity contribution in [3.05, 3.63) is 24.0 Å². The van der Waals surface area contributed by atoms with E-state index in [-0.39, 0.29) is 0 Å². The van der Waals surface area contributed by atoms with E-state index in [0.29, 0.717) is 11.8 Å². The zero-order chi connectivity index (χ0) is 12.4. The Hall–Kier alpha value is -1.38. The maximum Gasteiger partial charge on any atom is 0.227 e. The van der Waals surface area contributed by atoms with E-state index in [4.69, 9.17) is 0 Å². The Kier molecular flexibility index (Phi) is 3.31. The van der Waals surface area contributed by atoms with Crippen LogP contribution in [-0.4, -0.2) is 17.4 Å². The number of pyridine rings is 1. The summed E-state index contributed by atoms with van der Waals surface area (Å²) in [5.41, 5.74) is 2.13. The maximum absolute atomic E-state index is 12.4. The summed E-state index contributed by atoms with van der Waals surface area (Å²) >= 11 is 0. The van der Waals surface area contributed by atoms with Crippen LogP contribution in [0.4, 0.5) is 5.69 Å². The van der Waals surface area contributed by atoms with Crippen molar-refractivity contribution in [1.82, 2.24) is 4.98 Å². The molecule has 3 rings (SSSR count).